The molecular weight excluding hydrogens is 374 g/mol. The normalized spacial score (nSPS) is 17.5. The van der Waals surface area contributed by atoms with Crippen LogP contribution in [-0.4, -0.2) is 25.1 Å². The average molecular weight is 417 g/mol. The van der Waals surface area contributed by atoms with E-state index in [0.29, 0.717) is 0 Å². The van der Waals surface area contributed by atoms with Crippen LogP contribution in [0.25, 0.3) is 10.8 Å². The van der Waals surface area contributed by atoms with E-state index in [1.165, 1.54) is 66.1 Å². The molecule has 3 rings (SSSR count). The number of quaternary nitrogens is 1. The molecule has 0 aromatic heterocycles. The molecule has 0 radical (unpaired) electrons. The molecule has 1 aliphatic rings. The van der Waals surface area contributed by atoms with E-state index in [1.54, 1.807) is 0 Å². The first-order valence-electron chi connectivity index (χ1n) is 12.5. The van der Waals surface area contributed by atoms with Crippen molar-refractivity contribution in [2.75, 3.05) is 20.6 Å². The van der Waals surface area contributed by atoms with Crippen molar-refractivity contribution in [1.29, 1.82) is 0 Å². The molecule has 1 aliphatic carbocycles. The van der Waals surface area contributed by atoms with Crippen molar-refractivity contribution in [1.82, 2.24) is 0 Å². The number of hydrogen-bond acceptors (Lipinski definition) is 0. The van der Waals surface area contributed by atoms with Gasteiger partial charge in [-0.05, 0) is 67.0 Å². The third-order valence-corrected chi connectivity index (χ3v) is 7.12. The third-order valence-electron chi connectivity index (χ3n) is 7.12. The fourth-order valence-corrected chi connectivity index (χ4v) is 5.03. The van der Waals surface area contributed by atoms with Gasteiger partial charge in [-0.15, -0.1) is 0 Å². The van der Waals surface area contributed by atoms with Gasteiger partial charge in [0.25, 0.3) is 0 Å². The van der Waals surface area contributed by atoms with E-state index in [9.17, 15) is 0 Å². The van der Waals surface area contributed by atoms with Crippen molar-refractivity contribution in [2.24, 2.45) is 11.8 Å². The molecule has 2 atom stereocenters. The van der Waals surface area contributed by atoms with Crippen molar-refractivity contribution in [2.45, 2.75) is 72.3 Å². The van der Waals surface area contributed by atoms with Crippen LogP contribution in [0, 0.1) is 24.0 Å². The number of rotatable bonds is 11. The SMILES string of the molecule is CCCc1ccc2ccc#cc2c1C[N+](C)(C)CCC(CC)CC1C=CC(CC)=CC1. The highest BCUT2D eigenvalue weighted by molar-refractivity contribution is 5.85. The Hall–Kier alpha value is -2.04. The van der Waals surface area contributed by atoms with E-state index >= 15 is 0 Å². The van der Waals surface area contributed by atoms with Gasteiger partial charge in [-0.25, -0.2) is 0 Å². The van der Waals surface area contributed by atoms with Gasteiger partial charge < -0.3 is 4.48 Å². The molecule has 0 bridgehead atoms. The zero-order chi connectivity index (χ0) is 22.3. The van der Waals surface area contributed by atoms with Crippen LogP contribution in [0.2, 0.25) is 0 Å². The Morgan fingerprint density at radius 3 is 2.65 bits per heavy atom. The first-order valence-corrected chi connectivity index (χ1v) is 12.5. The van der Waals surface area contributed by atoms with Crippen LogP contribution in [0.4, 0.5) is 0 Å². The number of fused-ring (bicyclic) bond motifs is 1. The van der Waals surface area contributed by atoms with Crippen molar-refractivity contribution in [3.05, 3.63) is 71.3 Å². The minimum Gasteiger partial charge on any atom is -0.325 e. The van der Waals surface area contributed by atoms with Gasteiger partial charge in [0, 0.05) is 10.9 Å². The Labute approximate surface area is 191 Å². The van der Waals surface area contributed by atoms with Crippen LogP contribution in [0.1, 0.15) is 70.4 Å². The molecule has 2 aromatic carbocycles. The quantitative estimate of drug-likeness (QED) is 0.329. The lowest BCUT2D eigenvalue weighted by Gasteiger charge is -2.33. The van der Waals surface area contributed by atoms with Crippen molar-refractivity contribution in [3.8, 4) is 0 Å². The van der Waals surface area contributed by atoms with E-state index in [-0.39, 0.29) is 0 Å². The number of aryl methyl sites for hydroxylation is 1. The minimum atomic E-state index is 0.732. The molecule has 31 heavy (non-hydrogen) atoms. The second kappa shape index (κ2) is 11.0. The smallest absolute Gasteiger partial charge is 0.105 e. The summed E-state index contributed by atoms with van der Waals surface area (Å²) in [5.74, 6) is 1.54. The molecule has 0 saturated heterocycles. The summed E-state index contributed by atoms with van der Waals surface area (Å²) in [6, 6.07) is 15.4. The van der Waals surface area contributed by atoms with Gasteiger partial charge >= 0.3 is 0 Å². The highest BCUT2D eigenvalue weighted by atomic mass is 15.3. The Morgan fingerprint density at radius 1 is 1.13 bits per heavy atom. The molecule has 0 saturated carbocycles. The van der Waals surface area contributed by atoms with Gasteiger partial charge in [0.05, 0.1) is 20.6 Å². The van der Waals surface area contributed by atoms with Crippen molar-refractivity contribution < 1.29 is 4.48 Å². The van der Waals surface area contributed by atoms with Gasteiger partial charge in [0.15, 0.2) is 0 Å². The van der Waals surface area contributed by atoms with E-state index < -0.39 is 0 Å². The summed E-state index contributed by atoms with van der Waals surface area (Å²) >= 11 is 0. The maximum absolute atomic E-state index is 3.43. The maximum atomic E-state index is 3.43. The monoisotopic (exact) mass is 416 g/mol. The van der Waals surface area contributed by atoms with Crippen LogP contribution in [-0.2, 0) is 13.0 Å². The molecule has 0 spiro atoms. The zero-order valence-corrected chi connectivity index (χ0v) is 20.5. The molecule has 2 aromatic rings. The molecule has 1 nitrogen and oxygen atoms in total. The van der Waals surface area contributed by atoms with E-state index in [2.05, 4.69) is 83.4 Å². The number of allylic oxidation sites excluding steroid dienone is 4. The summed E-state index contributed by atoms with van der Waals surface area (Å²) in [6.45, 7) is 9.20. The fraction of sp³-hybridized carbons (Fsp3) is 0.533. The van der Waals surface area contributed by atoms with Crippen molar-refractivity contribution in [3.63, 3.8) is 0 Å². The van der Waals surface area contributed by atoms with Crippen LogP contribution in [0.3, 0.4) is 0 Å². The highest BCUT2D eigenvalue weighted by Crippen LogP contribution is 2.29. The Kier molecular flexibility index (Phi) is 8.39. The molecule has 0 fully saturated rings. The lowest BCUT2D eigenvalue weighted by molar-refractivity contribution is -0.904. The van der Waals surface area contributed by atoms with Crippen LogP contribution in [0.5, 0.6) is 0 Å². The van der Waals surface area contributed by atoms with Gasteiger partial charge in [-0.2, -0.15) is 0 Å². The van der Waals surface area contributed by atoms with E-state index in [4.69, 9.17) is 0 Å². The second-order valence-corrected chi connectivity index (χ2v) is 10.1. The molecule has 0 aliphatic heterocycles. The summed E-state index contributed by atoms with van der Waals surface area (Å²) in [5, 5.41) is 2.57. The largest absolute Gasteiger partial charge is 0.325 e. The molecule has 0 heterocycles. The lowest BCUT2D eigenvalue weighted by atomic mass is 9.85. The van der Waals surface area contributed by atoms with Gasteiger partial charge in [0.2, 0.25) is 0 Å². The fourth-order valence-electron chi connectivity index (χ4n) is 5.03. The summed E-state index contributed by atoms with van der Waals surface area (Å²) in [7, 11) is 4.81. The van der Waals surface area contributed by atoms with Crippen LogP contribution < -0.4 is 0 Å². The summed E-state index contributed by atoms with van der Waals surface area (Å²) in [4.78, 5) is 0. The first-order chi connectivity index (χ1) is 15.0. The molecular formula is C30H42N+. The first kappa shape index (κ1) is 23.6. The summed E-state index contributed by atoms with van der Waals surface area (Å²) in [5.41, 5.74) is 4.49. The molecule has 0 amide bonds. The van der Waals surface area contributed by atoms with Gasteiger partial charge in [0.1, 0.15) is 6.54 Å². The van der Waals surface area contributed by atoms with Gasteiger partial charge in [-0.3, -0.25) is 0 Å². The summed E-state index contributed by atoms with van der Waals surface area (Å²) in [6.07, 6.45) is 15.9. The highest BCUT2D eigenvalue weighted by Gasteiger charge is 2.23. The number of hydrogen-bond donors (Lipinski definition) is 0. The van der Waals surface area contributed by atoms with E-state index in [1.807, 2.05) is 6.07 Å². The Bertz CT molecular complexity index is 902. The molecule has 0 N–H and O–H groups in total. The Morgan fingerprint density at radius 2 is 1.97 bits per heavy atom. The maximum Gasteiger partial charge on any atom is 0.105 e. The predicted octanol–water partition coefficient (Wildman–Crippen LogP) is 7.69. The molecule has 166 valence electrons. The van der Waals surface area contributed by atoms with E-state index in [0.717, 1.165) is 35.7 Å². The zero-order valence-electron chi connectivity index (χ0n) is 20.5. The average Bonchev–Trinajstić information content (AvgIpc) is 2.78. The van der Waals surface area contributed by atoms with Crippen LogP contribution in [0.15, 0.2) is 48.1 Å². The summed E-state index contributed by atoms with van der Waals surface area (Å²) < 4.78 is 1.04. The van der Waals surface area contributed by atoms with Crippen molar-refractivity contribution >= 4 is 10.8 Å². The van der Waals surface area contributed by atoms with Gasteiger partial charge in [-0.1, -0.05) is 81.7 Å². The standard InChI is InChI=1S/C30H42N/c1-6-11-27-18-19-28-12-9-10-13-29(28)30(27)23-31(4,5)21-20-25(8-3)22-26-16-14-24(7-2)15-17-26/h9,12,14-16,18-19,25-26H,6-8,11,17,20-23H2,1-5H3/q+1. The molecule has 1 heteroatoms. The lowest BCUT2D eigenvalue weighted by Crippen LogP contribution is -2.40. The number of nitrogens with zero attached hydrogens (tertiary/aromatic N) is 1. The second-order valence-electron chi connectivity index (χ2n) is 10.1. The predicted molar refractivity (Wildman–Crippen MR) is 135 cm³/mol. The molecule has 2 unspecified atom stereocenters. The number of benzene rings is 1. The minimum absolute atomic E-state index is 0.732. The topological polar surface area (TPSA) is 0 Å². The Balaban J connectivity index is 1.66. The van der Waals surface area contributed by atoms with Crippen LogP contribution >= 0.6 is 0 Å². The third kappa shape index (κ3) is 6.47.